The number of rotatable bonds is 1. The number of ether oxygens (including phenoxy) is 1. The maximum Gasteiger partial charge on any atom is 0.410 e. The third-order valence-corrected chi connectivity index (χ3v) is 5.44. The van der Waals surface area contributed by atoms with Crippen LogP contribution in [0, 0.1) is 0 Å². The minimum Gasteiger partial charge on any atom is -0.444 e. The number of hydrogen-bond acceptors (Lipinski definition) is 3. The van der Waals surface area contributed by atoms with Gasteiger partial charge in [0.05, 0.1) is 5.92 Å². The van der Waals surface area contributed by atoms with Gasteiger partial charge in [-0.05, 0) is 51.2 Å². The summed E-state index contributed by atoms with van der Waals surface area (Å²) in [5.74, 6) is -0.00632. The molecule has 2 amide bonds. The first-order chi connectivity index (χ1) is 11.8. The fraction of sp³-hybridized carbons (Fsp3) is 0.600. The van der Waals surface area contributed by atoms with Crippen molar-refractivity contribution in [3.05, 3.63) is 35.4 Å². The Hall–Kier alpha value is -2.04. The van der Waals surface area contributed by atoms with Gasteiger partial charge in [0, 0.05) is 25.6 Å². The zero-order valence-electron chi connectivity index (χ0n) is 15.6. The molecule has 1 aliphatic carbocycles. The predicted octanol–water partition coefficient (Wildman–Crippen LogP) is 3.19. The van der Waals surface area contributed by atoms with Crippen molar-refractivity contribution in [3.8, 4) is 0 Å². The zero-order chi connectivity index (χ0) is 18.2. The van der Waals surface area contributed by atoms with Gasteiger partial charge in [0.25, 0.3) is 0 Å². The lowest BCUT2D eigenvalue weighted by atomic mass is 9.73. The van der Waals surface area contributed by atoms with E-state index < -0.39 is 5.60 Å². The van der Waals surface area contributed by atoms with Gasteiger partial charge in [-0.2, -0.15) is 0 Å². The van der Waals surface area contributed by atoms with E-state index in [1.165, 1.54) is 5.56 Å². The third kappa shape index (κ3) is 3.37. The first kappa shape index (κ1) is 17.8. The minimum atomic E-state index is -0.476. The predicted molar refractivity (Wildman–Crippen MR) is 96.6 cm³/mol. The monoisotopic (exact) mass is 344 g/mol. The van der Waals surface area contributed by atoms with E-state index in [2.05, 4.69) is 17.4 Å². The van der Waals surface area contributed by atoms with E-state index in [0.717, 1.165) is 24.8 Å². The largest absolute Gasteiger partial charge is 0.444 e. The summed E-state index contributed by atoms with van der Waals surface area (Å²) in [6, 6.07) is 8.28. The molecule has 0 aromatic heterocycles. The van der Waals surface area contributed by atoms with E-state index in [-0.39, 0.29) is 23.3 Å². The van der Waals surface area contributed by atoms with Crippen molar-refractivity contribution in [2.45, 2.75) is 57.0 Å². The Bertz CT molecular complexity index is 670. The number of benzene rings is 1. The zero-order valence-corrected chi connectivity index (χ0v) is 15.6. The molecule has 1 aliphatic heterocycles. The highest BCUT2D eigenvalue weighted by Gasteiger charge is 2.48. The second-order valence-electron chi connectivity index (χ2n) is 8.21. The van der Waals surface area contributed by atoms with Crippen LogP contribution in [0.1, 0.15) is 57.1 Å². The van der Waals surface area contributed by atoms with Gasteiger partial charge in [-0.25, -0.2) is 4.79 Å². The Kier molecular flexibility index (Phi) is 4.52. The van der Waals surface area contributed by atoms with Crippen LogP contribution in [0.5, 0.6) is 0 Å². The molecule has 1 fully saturated rings. The van der Waals surface area contributed by atoms with Gasteiger partial charge in [0.2, 0.25) is 5.91 Å². The number of fused-ring (bicyclic) bond motifs is 2. The molecule has 1 heterocycles. The summed E-state index contributed by atoms with van der Waals surface area (Å²) in [6.45, 7) is 7.00. The molecule has 0 bridgehead atoms. The Labute approximate surface area is 149 Å². The van der Waals surface area contributed by atoms with Crippen LogP contribution in [-0.4, -0.2) is 42.6 Å². The van der Waals surface area contributed by atoms with Crippen LogP contribution in [0.15, 0.2) is 24.3 Å². The van der Waals surface area contributed by atoms with Crippen LogP contribution in [0.2, 0.25) is 0 Å². The SMILES string of the molecule is CNC(=O)[C@H]1CC2(CCN(C(=O)OC(C)(C)C)CC2)c2ccccc21. The molecule has 2 aliphatic rings. The van der Waals surface area contributed by atoms with Crippen molar-refractivity contribution < 1.29 is 14.3 Å². The van der Waals surface area contributed by atoms with Crippen molar-refractivity contribution in [2.24, 2.45) is 0 Å². The molecule has 5 nitrogen and oxygen atoms in total. The van der Waals surface area contributed by atoms with E-state index in [1.807, 2.05) is 32.9 Å². The Morgan fingerprint density at radius 2 is 1.84 bits per heavy atom. The third-order valence-electron chi connectivity index (χ3n) is 5.44. The van der Waals surface area contributed by atoms with Gasteiger partial charge < -0.3 is 15.0 Å². The van der Waals surface area contributed by atoms with E-state index in [9.17, 15) is 9.59 Å². The van der Waals surface area contributed by atoms with E-state index in [4.69, 9.17) is 4.74 Å². The average Bonchev–Trinajstić information content (AvgIpc) is 2.88. The maximum absolute atomic E-state index is 12.3. The fourth-order valence-corrected chi connectivity index (χ4v) is 4.22. The van der Waals surface area contributed by atoms with Gasteiger partial charge in [0.15, 0.2) is 0 Å². The van der Waals surface area contributed by atoms with E-state index in [1.54, 1.807) is 11.9 Å². The standard InChI is InChI=1S/C20H28N2O3/c1-19(2,3)25-18(24)22-11-9-20(10-12-22)13-15(17(23)21-4)14-7-5-6-8-16(14)20/h5-8,15H,9-13H2,1-4H3,(H,21,23)/t15-/m0/s1. The van der Waals surface area contributed by atoms with Gasteiger partial charge in [-0.3, -0.25) is 4.79 Å². The summed E-state index contributed by atoms with van der Waals surface area (Å²) < 4.78 is 5.50. The smallest absolute Gasteiger partial charge is 0.410 e. The number of likely N-dealkylation sites (tertiary alicyclic amines) is 1. The number of nitrogens with zero attached hydrogens (tertiary/aromatic N) is 1. The van der Waals surface area contributed by atoms with Crippen LogP contribution in [0.4, 0.5) is 4.79 Å². The molecule has 5 heteroatoms. The van der Waals surface area contributed by atoms with Crippen molar-refractivity contribution in [2.75, 3.05) is 20.1 Å². The molecule has 0 saturated carbocycles. The lowest BCUT2D eigenvalue weighted by Gasteiger charge is -2.40. The van der Waals surface area contributed by atoms with Gasteiger partial charge in [-0.15, -0.1) is 0 Å². The molecule has 1 aromatic rings. The molecule has 136 valence electrons. The van der Waals surface area contributed by atoms with Crippen molar-refractivity contribution in [1.82, 2.24) is 10.2 Å². The molecule has 3 rings (SSSR count). The van der Waals surface area contributed by atoms with Crippen LogP contribution >= 0.6 is 0 Å². The van der Waals surface area contributed by atoms with E-state index in [0.29, 0.717) is 13.1 Å². The number of carbonyl (C=O) groups is 2. The Morgan fingerprint density at radius 3 is 2.44 bits per heavy atom. The summed E-state index contributed by atoms with van der Waals surface area (Å²) in [7, 11) is 1.70. The highest BCUT2D eigenvalue weighted by molar-refractivity contribution is 5.85. The number of amides is 2. The average molecular weight is 344 g/mol. The van der Waals surface area contributed by atoms with Crippen molar-refractivity contribution >= 4 is 12.0 Å². The maximum atomic E-state index is 12.3. The highest BCUT2D eigenvalue weighted by Crippen LogP contribution is 2.51. The second-order valence-corrected chi connectivity index (χ2v) is 8.21. The summed E-state index contributed by atoms with van der Waals surface area (Å²) >= 11 is 0. The highest BCUT2D eigenvalue weighted by atomic mass is 16.6. The number of piperidine rings is 1. The minimum absolute atomic E-state index is 0.00766. The molecule has 1 aromatic carbocycles. The molecule has 1 spiro atoms. The van der Waals surface area contributed by atoms with Crippen molar-refractivity contribution in [3.63, 3.8) is 0 Å². The van der Waals surface area contributed by atoms with E-state index >= 15 is 0 Å². The molecule has 1 saturated heterocycles. The summed E-state index contributed by atoms with van der Waals surface area (Å²) in [5, 5.41) is 2.80. The summed E-state index contributed by atoms with van der Waals surface area (Å²) in [6.07, 6.45) is 2.33. The molecular weight excluding hydrogens is 316 g/mol. The van der Waals surface area contributed by atoms with Crippen molar-refractivity contribution in [1.29, 1.82) is 0 Å². The molecular formula is C20H28N2O3. The lowest BCUT2D eigenvalue weighted by molar-refractivity contribution is -0.122. The van der Waals surface area contributed by atoms with Gasteiger partial charge >= 0.3 is 6.09 Å². The molecule has 25 heavy (non-hydrogen) atoms. The summed E-state index contributed by atoms with van der Waals surface area (Å²) in [5.41, 5.74) is 1.95. The number of carbonyl (C=O) groups excluding carboxylic acids is 2. The molecule has 0 unspecified atom stereocenters. The van der Waals surface area contributed by atoms with Crippen LogP contribution in [0.3, 0.4) is 0 Å². The number of hydrogen-bond donors (Lipinski definition) is 1. The molecule has 0 radical (unpaired) electrons. The Morgan fingerprint density at radius 1 is 1.20 bits per heavy atom. The van der Waals surface area contributed by atoms with Gasteiger partial charge in [-0.1, -0.05) is 24.3 Å². The molecule has 1 N–H and O–H groups in total. The number of nitrogens with one attached hydrogen (secondary N) is 1. The van der Waals surface area contributed by atoms with Crippen LogP contribution in [0.25, 0.3) is 0 Å². The van der Waals surface area contributed by atoms with Crippen LogP contribution < -0.4 is 5.32 Å². The van der Waals surface area contributed by atoms with Gasteiger partial charge in [0.1, 0.15) is 5.60 Å². The second kappa shape index (κ2) is 6.36. The van der Waals surface area contributed by atoms with Crippen LogP contribution in [-0.2, 0) is 14.9 Å². The quantitative estimate of drug-likeness (QED) is 0.851. The number of likely N-dealkylation sites (N-methyl/N-ethyl adjacent to an activating group) is 1. The fourth-order valence-electron chi connectivity index (χ4n) is 4.22. The summed E-state index contributed by atoms with van der Waals surface area (Å²) in [4.78, 5) is 26.5. The first-order valence-electron chi connectivity index (χ1n) is 9.05. The first-order valence-corrected chi connectivity index (χ1v) is 9.05. The normalized spacial score (nSPS) is 21.8. The molecule has 1 atom stereocenters. The topological polar surface area (TPSA) is 58.6 Å². The lowest BCUT2D eigenvalue weighted by Crippen LogP contribution is -2.46. The Balaban J connectivity index is 1.77.